The van der Waals surface area contributed by atoms with E-state index < -0.39 is 0 Å². The highest BCUT2D eigenvalue weighted by atomic mass is 15.1. The molecule has 0 aliphatic carbocycles. The topological polar surface area (TPSA) is 8.81 Å². The van der Waals surface area contributed by atoms with Crippen molar-refractivity contribution in [3.8, 4) is 0 Å². The van der Waals surface area contributed by atoms with Crippen LogP contribution in [-0.2, 0) is 20.0 Å². The Morgan fingerprint density at radius 3 is 2.21 bits per heavy atom. The summed E-state index contributed by atoms with van der Waals surface area (Å²) < 4.78 is 4.75. The lowest BCUT2D eigenvalue weighted by Gasteiger charge is -2.03. The quantitative estimate of drug-likeness (QED) is 0.414. The third-order valence-electron chi connectivity index (χ3n) is 3.97. The molecule has 0 saturated heterocycles. The Hall–Kier alpha value is -0.790. The van der Waals surface area contributed by atoms with Crippen molar-refractivity contribution in [1.82, 2.24) is 4.57 Å². The Morgan fingerprint density at radius 2 is 1.53 bits per heavy atom. The molecule has 1 aromatic heterocycles. The van der Waals surface area contributed by atoms with E-state index in [0.717, 1.165) is 0 Å². The van der Waals surface area contributed by atoms with E-state index in [1.807, 2.05) is 0 Å². The van der Waals surface area contributed by atoms with E-state index in [1.54, 1.807) is 0 Å². The van der Waals surface area contributed by atoms with Gasteiger partial charge < -0.3 is 0 Å². The van der Waals surface area contributed by atoms with Crippen molar-refractivity contribution in [3.05, 3.63) is 18.2 Å². The molecule has 2 nitrogen and oxygen atoms in total. The zero-order valence-corrected chi connectivity index (χ0v) is 13.3. The van der Waals surface area contributed by atoms with Crippen LogP contribution in [0.2, 0.25) is 0 Å². The van der Waals surface area contributed by atoms with Crippen LogP contribution in [0, 0.1) is 0 Å². The molecule has 0 aromatic carbocycles. The Labute approximate surface area is 119 Å². The normalized spacial score (nSPS) is 11.1. The summed E-state index contributed by atoms with van der Waals surface area (Å²) in [5, 5.41) is 0. The van der Waals surface area contributed by atoms with Gasteiger partial charge in [-0.2, -0.15) is 0 Å². The van der Waals surface area contributed by atoms with Gasteiger partial charge in [0.25, 0.3) is 5.82 Å². The molecule has 0 saturated carbocycles. The first kappa shape index (κ1) is 16.3. The zero-order chi connectivity index (χ0) is 13.9. The van der Waals surface area contributed by atoms with Gasteiger partial charge in [-0.1, -0.05) is 52.4 Å². The smallest absolute Gasteiger partial charge is 0.237 e. The van der Waals surface area contributed by atoms with Crippen LogP contribution in [0.4, 0.5) is 0 Å². The predicted octanol–water partition coefficient (Wildman–Crippen LogP) is 4.41. The van der Waals surface area contributed by atoms with E-state index in [4.69, 9.17) is 0 Å². The molecule has 110 valence electrons. The molecule has 0 radical (unpaired) electrons. The van der Waals surface area contributed by atoms with Gasteiger partial charge in [-0.25, -0.2) is 9.13 Å². The van der Waals surface area contributed by atoms with Gasteiger partial charge in [0.15, 0.2) is 0 Å². The van der Waals surface area contributed by atoms with Crippen molar-refractivity contribution in [2.24, 2.45) is 7.05 Å². The number of imidazole rings is 1. The maximum atomic E-state index is 2.46. The van der Waals surface area contributed by atoms with Crippen LogP contribution in [0.15, 0.2) is 12.4 Å². The van der Waals surface area contributed by atoms with Crippen LogP contribution < -0.4 is 4.57 Å². The Morgan fingerprint density at radius 1 is 0.895 bits per heavy atom. The summed E-state index contributed by atoms with van der Waals surface area (Å²) in [7, 11) is 2.17. The number of nitrogens with zero attached hydrogens (tertiary/aromatic N) is 2. The number of unbranched alkanes of at least 4 members (excludes halogenated alkanes) is 7. The van der Waals surface area contributed by atoms with E-state index in [0.29, 0.717) is 0 Å². The first-order valence-electron chi connectivity index (χ1n) is 8.33. The Kier molecular flexibility index (Phi) is 8.61. The third kappa shape index (κ3) is 6.26. The first-order valence-corrected chi connectivity index (χ1v) is 8.33. The number of hydrogen-bond acceptors (Lipinski definition) is 0. The third-order valence-corrected chi connectivity index (χ3v) is 3.97. The molecule has 1 heterocycles. The molecule has 0 N–H and O–H groups in total. The van der Waals surface area contributed by atoms with Crippen molar-refractivity contribution in [1.29, 1.82) is 0 Å². The van der Waals surface area contributed by atoms with Crippen LogP contribution in [0.3, 0.4) is 0 Å². The van der Waals surface area contributed by atoms with E-state index in [2.05, 4.69) is 42.4 Å². The maximum Gasteiger partial charge on any atom is 0.256 e. The fraction of sp³-hybridized carbons (Fsp3) is 0.824. The van der Waals surface area contributed by atoms with Crippen molar-refractivity contribution in [2.45, 2.75) is 84.6 Å². The van der Waals surface area contributed by atoms with Crippen LogP contribution in [0.25, 0.3) is 0 Å². The minimum Gasteiger partial charge on any atom is -0.237 e. The molecular formula is C17H33N2+. The highest BCUT2D eigenvalue weighted by Crippen LogP contribution is 2.09. The van der Waals surface area contributed by atoms with Crippen LogP contribution in [0.1, 0.15) is 77.5 Å². The fourth-order valence-corrected chi connectivity index (χ4v) is 2.65. The molecule has 1 aromatic rings. The standard InChI is InChI=1S/C17H33N2/c1-4-6-8-9-10-11-12-14-19-16-15-18(3)17(19)13-7-5-2/h15-16H,4-14H2,1-3H3/q+1. The van der Waals surface area contributed by atoms with Gasteiger partial charge in [-0.05, 0) is 19.3 Å². The predicted molar refractivity (Wildman–Crippen MR) is 82.2 cm³/mol. The first-order chi connectivity index (χ1) is 9.29. The maximum absolute atomic E-state index is 2.46. The lowest BCUT2D eigenvalue weighted by Crippen LogP contribution is -2.32. The van der Waals surface area contributed by atoms with E-state index >= 15 is 0 Å². The molecule has 1 rings (SSSR count). The van der Waals surface area contributed by atoms with Crippen molar-refractivity contribution in [3.63, 3.8) is 0 Å². The molecule has 0 unspecified atom stereocenters. The average molecular weight is 265 g/mol. The summed E-state index contributed by atoms with van der Waals surface area (Å²) in [6, 6.07) is 0. The molecule has 2 heteroatoms. The highest BCUT2D eigenvalue weighted by Gasteiger charge is 2.12. The van der Waals surface area contributed by atoms with Gasteiger partial charge in [-0.15, -0.1) is 0 Å². The molecular weight excluding hydrogens is 232 g/mol. The molecule has 0 aliphatic heterocycles. The summed E-state index contributed by atoms with van der Waals surface area (Å²) in [5.74, 6) is 1.49. The summed E-state index contributed by atoms with van der Waals surface area (Å²) >= 11 is 0. The lowest BCUT2D eigenvalue weighted by atomic mass is 10.1. The molecule has 0 amide bonds. The molecule has 0 bridgehead atoms. The molecule has 0 spiro atoms. The number of aromatic nitrogens is 2. The monoisotopic (exact) mass is 265 g/mol. The van der Waals surface area contributed by atoms with Crippen LogP contribution >= 0.6 is 0 Å². The van der Waals surface area contributed by atoms with Gasteiger partial charge in [-0.3, -0.25) is 0 Å². The summed E-state index contributed by atoms with van der Waals surface area (Å²) in [4.78, 5) is 0. The second-order valence-corrected chi connectivity index (χ2v) is 5.74. The minimum atomic E-state index is 1.20. The van der Waals surface area contributed by atoms with E-state index in [9.17, 15) is 0 Å². The SMILES string of the molecule is CCCCCCCCCn1cc[n+](C)c1CCCC. The van der Waals surface area contributed by atoms with Gasteiger partial charge in [0.1, 0.15) is 12.4 Å². The molecule has 0 aliphatic rings. The number of hydrogen-bond donors (Lipinski definition) is 0. The molecule has 0 atom stereocenters. The highest BCUT2D eigenvalue weighted by molar-refractivity contribution is 4.83. The lowest BCUT2D eigenvalue weighted by molar-refractivity contribution is -0.678. The second kappa shape index (κ2) is 10.1. The van der Waals surface area contributed by atoms with E-state index in [-0.39, 0.29) is 0 Å². The van der Waals surface area contributed by atoms with Crippen molar-refractivity contribution in [2.75, 3.05) is 0 Å². The number of aryl methyl sites for hydroxylation is 2. The molecule has 0 fully saturated rings. The zero-order valence-electron chi connectivity index (χ0n) is 13.3. The summed E-state index contributed by atoms with van der Waals surface area (Å²) in [6.45, 7) is 5.75. The largest absolute Gasteiger partial charge is 0.256 e. The van der Waals surface area contributed by atoms with Crippen molar-refractivity contribution < 1.29 is 4.57 Å². The van der Waals surface area contributed by atoms with Crippen LogP contribution in [-0.4, -0.2) is 4.57 Å². The second-order valence-electron chi connectivity index (χ2n) is 5.74. The van der Waals surface area contributed by atoms with E-state index in [1.165, 1.54) is 76.6 Å². The van der Waals surface area contributed by atoms with Gasteiger partial charge in [0, 0.05) is 6.42 Å². The number of rotatable bonds is 11. The fourth-order valence-electron chi connectivity index (χ4n) is 2.65. The van der Waals surface area contributed by atoms with Gasteiger partial charge >= 0.3 is 0 Å². The van der Waals surface area contributed by atoms with Gasteiger partial charge in [0.2, 0.25) is 0 Å². The Balaban J connectivity index is 2.21. The summed E-state index contributed by atoms with van der Waals surface area (Å²) in [6.07, 6.45) is 18.0. The average Bonchev–Trinajstić information content (AvgIpc) is 2.76. The summed E-state index contributed by atoms with van der Waals surface area (Å²) in [5.41, 5.74) is 0. The van der Waals surface area contributed by atoms with Gasteiger partial charge in [0.05, 0.1) is 13.6 Å². The van der Waals surface area contributed by atoms with Crippen molar-refractivity contribution >= 4 is 0 Å². The van der Waals surface area contributed by atoms with Crippen LogP contribution in [0.5, 0.6) is 0 Å². The molecule has 19 heavy (non-hydrogen) atoms. The Bertz CT molecular complexity index is 328. The minimum absolute atomic E-state index is 1.20.